The third-order valence-corrected chi connectivity index (χ3v) is 4.58. The van der Waals surface area contributed by atoms with Gasteiger partial charge in [-0.3, -0.25) is 14.5 Å². The number of amides is 2. The van der Waals surface area contributed by atoms with Crippen LogP contribution in [0.1, 0.15) is 18.9 Å². The molecule has 0 spiro atoms. The van der Waals surface area contributed by atoms with Gasteiger partial charge in [0.1, 0.15) is 6.54 Å². The number of hydrogen-bond donors (Lipinski definition) is 0. The maximum absolute atomic E-state index is 12.3. The van der Waals surface area contributed by atoms with Crippen LogP contribution in [0.3, 0.4) is 0 Å². The van der Waals surface area contributed by atoms with Gasteiger partial charge in [0.15, 0.2) is 0 Å². The smallest absolute Gasteiger partial charge is 0.293 e. The topological polar surface area (TPSA) is 66.1 Å². The molecule has 0 N–H and O–H groups in total. The molecule has 2 aromatic rings. The minimum atomic E-state index is -0.237. The molecule has 0 aliphatic carbocycles. The molecule has 1 fully saturated rings. The van der Waals surface area contributed by atoms with E-state index in [2.05, 4.69) is 6.07 Å². The van der Waals surface area contributed by atoms with E-state index >= 15 is 0 Å². The van der Waals surface area contributed by atoms with Gasteiger partial charge in [-0.2, -0.15) is 5.26 Å². The van der Waals surface area contributed by atoms with Gasteiger partial charge in [0.2, 0.25) is 0 Å². The molecule has 2 amide bonds. The predicted molar refractivity (Wildman–Crippen MR) is 90.5 cm³/mol. The van der Waals surface area contributed by atoms with Crippen LogP contribution in [0.15, 0.2) is 35.4 Å². The molecule has 3 rings (SSSR count). The summed E-state index contributed by atoms with van der Waals surface area (Å²) in [4.78, 5) is 26.0. The summed E-state index contributed by atoms with van der Waals surface area (Å²) in [6.45, 7) is 2.62. The molecule has 5 nitrogen and oxygen atoms in total. The second-order valence-corrected chi connectivity index (χ2v) is 6.21. The fraction of sp³-hybridized carbons (Fsp3) is 0.235. The molecule has 116 valence electrons. The highest BCUT2D eigenvalue weighted by atomic mass is 32.2. The number of fused-ring (bicyclic) bond motifs is 1. The molecule has 1 aliphatic heterocycles. The van der Waals surface area contributed by atoms with Crippen LogP contribution in [-0.4, -0.2) is 27.2 Å². The summed E-state index contributed by atoms with van der Waals surface area (Å²) in [7, 11) is 0. The average Bonchev–Trinajstić information content (AvgIpc) is 3.02. The van der Waals surface area contributed by atoms with Gasteiger partial charge in [0, 0.05) is 29.2 Å². The Kier molecular flexibility index (Phi) is 4.22. The molecular formula is C17H15N3O2S. The number of carbonyl (C=O) groups excluding carboxylic acids is 2. The van der Waals surface area contributed by atoms with Crippen LogP contribution in [0.2, 0.25) is 0 Å². The van der Waals surface area contributed by atoms with Gasteiger partial charge in [-0.25, -0.2) is 0 Å². The van der Waals surface area contributed by atoms with Crippen LogP contribution in [0.5, 0.6) is 0 Å². The first kappa shape index (κ1) is 15.4. The van der Waals surface area contributed by atoms with Crippen molar-refractivity contribution in [3.63, 3.8) is 0 Å². The number of imide groups is 1. The van der Waals surface area contributed by atoms with Gasteiger partial charge in [-0.1, -0.05) is 25.1 Å². The van der Waals surface area contributed by atoms with Crippen molar-refractivity contribution in [1.82, 2.24) is 9.47 Å². The highest BCUT2D eigenvalue weighted by Gasteiger charge is 2.34. The molecule has 23 heavy (non-hydrogen) atoms. The number of thioether (sulfide) groups is 1. The number of nitrogens with zero attached hydrogens (tertiary/aromatic N) is 3. The van der Waals surface area contributed by atoms with E-state index < -0.39 is 0 Å². The number of benzene rings is 1. The predicted octanol–water partition coefficient (Wildman–Crippen LogP) is 3.61. The summed E-state index contributed by atoms with van der Waals surface area (Å²) in [5.74, 6) is -0.237. The van der Waals surface area contributed by atoms with E-state index in [0.29, 0.717) is 11.4 Å². The maximum atomic E-state index is 12.3. The number of hydrogen-bond acceptors (Lipinski definition) is 4. The Morgan fingerprint density at radius 2 is 2.09 bits per heavy atom. The quantitative estimate of drug-likeness (QED) is 0.805. The first-order chi connectivity index (χ1) is 11.2. The van der Waals surface area contributed by atoms with Gasteiger partial charge < -0.3 is 4.57 Å². The summed E-state index contributed by atoms with van der Waals surface area (Å²) in [5, 5.41) is 9.69. The van der Waals surface area contributed by atoms with E-state index in [1.54, 1.807) is 6.08 Å². The third-order valence-electron chi connectivity index (χ3n) is 3.67. The van der Waals surface area contributed by atoms with Crippen molar-refractivity contribution in [3.05, 3.63) is 40.9 Å². The van der Waals surface area contributed by atoms with Crippen LogP contribution < -0.4 is 0 Å². The first-order valence-electron chi connectivity index (χ1n) is 7.36. The number of aromatic nitrogens is 1. The molecule has 0 bridgehead atoms. The second-order valence-electron chi connectivity index (χ2n) is 5.22. The Hall–Kier alpha value is -2.52. The van der Waals surface area contributed by atoms with Crippen molar-refractivity contribution in [1.29, 1.82) is 5.26 Å². The molecule has 1 saturated heterocycles. The zero-order valence-corrected chi connectivity index (χ0v) is 13.5. The van der Waals surface area contributed by atoms with Crippen molar-refractivity contribution in [3.8, 4) is 6.07 Å². The zero-order valence-electron chi connectivity index (χ0n) is 12.7. The Morgan fingerprint density at radius 3 is 2.83 bits per heavy atom. The van der Waals surface area contributed by atoms with Crippen LogP contribution in [0.25, 0.3) is 17.0 Å². The molecule has 0 saturated carbocycles. The van der Waals surface area contributed by atoms with Crippen molar-refractivity contribution < 1.29 is 9.59 Å². The Balaban J connectivity index is 2.03. The standard InChI is InChI=1S/C17H15N3O2S/c1-2-8-20-16(21)15(23-17(20)22)10-12-11-19(9-7-18)14-6-4-3-5-13(12)14/h3-6,10-11H,2,8-9H2,1H3/b15-10+. The Labute approximate surface area is 138 Å². The SMILES string of the molecule is CCCN1C(=O)S/C(=C/c2cn(CC#N)c3ccccc23)C1=O. The lowest BCUT2D eigenvalue weighted by Gasteiger charge is -2.09. The summed E-state index contributed by atoms with van der Waals surface area (Å²) < 4.78 is 1.84. The molecule has 0 atom stereocenters. The normalized spacial score (nSPS) is 16.5. The largest absolute Gasteiger partial charge is 0.333 e. The van der Waals surface area contributed by atoms with Crippen LogP contribution >= 0.6 is 11.8 Å². The molecule has 6 heteroatoms. The van der Waals surface area contributed by atoms with E-state index in [-0.39, 0.29) is 17.7 Å². The summed E-state index contributed by atoms with van der Waals surface area (Å²) in [6, 6.07) is 9.85. The molecule has 2 heterocycles. The van der Waals surface area contributed by atoms with Crippen LogP contribution in [0, 0.1) is 11.3 Å². The third kappa shape index (κ3) is 2.76. The first-order valence-corrected chi connectivity index (χ1v) is 8.17. The number of nitriles is 1. The van der Waals surface area contributed by atoms with E-state index in [1.165, 1.54) is 4.90 Å². The van der Waals surface area contributed by atoms with Gasteiger partial charge in [0.25, 0.3) is 11.1 Å². The van der Waals surface area contributed by atoms with Crippen molar-refractivity contribution >= 4 is 39.9 Å². The number of carbonyl (C=O) groups is 2. The van der Waals surface area contributed by atoms with Gasteiger partial charge >= 0.3 is 0 Å². The molecular weight excluding hydrogens is 310 g/mol. The highest BCUT2D eigenvalue weighted by molar-refractivity contribution is 8.18. The van der Waals surface area contributed by atoms with E-state index in [4.69, 9.17) is 5.26 Å². The highest BCUT2D eigenvalue weighted by Crippen LogP contribution is 2.34. The second kappa shape index (κ2) is 6.31. The fourth-order valence-electron chi connectivity index (χ4n) is 2.65. The number of rotatable bonds is 4. The monoisotopic (exact) mass is 325 g/mol. The molecule has 0 unspecified atom stereocenters. The minimum Gasteiger partial charge on any atom is -0.333 e. The van der Waals surface area contributed by atoms with Crippen LogP contribution in [-0.2, 0) is 11.3 Å². The van der Waals surface area contributed by atoms with Gasteiger partial charge in [0.05, 0.1) is 11.0 Å². The summed E-state index contributed by atoms with van der Waals surface area (Å²) in [6.07, 6.45) is 4.34. The van der Waals surface area contributed by atoms with E-state index in [0.717, 1.165) is 34.6 Å². The summed E-state index contributed by atoms with van der Waals surface area (Å²) in [5.41, 5.74) is 1.78. The zero-order chi connectivity index (χ0) is 16.4. The van der Waals surface area contributed by atoms with Crippen molar-refractivity contribution in [2.75, 3.05) is 6.54 Å². The Morgan fingerprint density at radius 1 is 1.30 bits per heavy atom. The van der Waals surface area contributed by atoms with Gasteiger partial charge in [-0.15, -0.1) is 0 Å². The fourth-order valence-corrected chi connectivity index (χ4v) is 3.51. The Bertz CT molecular complexity index is 860. The number of para-hydroxylation sites is 1. The minimum absolute atomic E-state index is 0.219. The molecule has 1 aromatic carbocycles. The molecule has 1 aliphatic rings. The lowest BCUT2D eigenvalue weighted by molar-refractivity contribution is -0.122. The lowest BCUT2D eigenvalue weighted by Crippen LogP contribution is -2.28. The average molecular weight is 325 g/mol. The lowest BCUT2D eigenvalue weighted by atomic mass is 10.1. The van der Waals surface area contributed by atoms with E-state index in [1.807, 2.05) is 42.0 Å². The molecule has 1 aromatic heterocycles. The summed E-state index contributed by atoms with van der Waals surface area (Å²) >= 11 is 0.972. The maximum Gasteiger partial charge on any atom is 0.293 e. The van der Waals surface area contributed by atoms with Crippen molar-refractivity contribution in [2.45, 2.75) is 19.9 Å². The van der Waals surface area contributed by atoms with Crippen LogP contribution in [0.4, 0.5) is 4.79 Å². The van der Waals surface area contributed by atoms with E-state index in [9.17, 15) is 9.59 Å². The molecule has 0 radical (unpaired) electrons. The van der Waals surface area contributed by atoms with Gasteiger partial charge in [-0.05, 0) is 30.3 Å². The van der Waals surface area contributed by atoms with Crippen molar-refractivity contribution in [2.24, 2.45) is 0 Å².